The van der Waals surface area contributed by atoms with Crippen molar-refractivity contribution in [3.05, 3.63) is 77.5 Å². The number of aromatic nitrogens is 2. The van der Waals surface area contributed by atoms with Gasteiger partial charge < -0.3 is 30.1 Å². The Bertz CT molecular complexity index is 1360. The summed E-state index contributed by atoms with van der Waals surface area (Å²) < 4.78 is 2.04. The Kier molecular flexibility index (Phi) is 10.1. The van der Waals surface area contributed by atoms with Gasteiger partial charge in [-0.1, -0.05) is 31.4 Å². The van der Waals surface area contributed by atoms with Crippen LogP contribution in [-0.2, 0) is 17.8 Å². The van der Waals surface area contributed by atoms with E-state index in [1.807, 2.05) is 35.9 Å². The lowest BCUT2D eigenvalue weighted by molar-refractivity contribution is -0.130. The molecule has 1 aromatic heterocycles. The lowest BCUT2D eigenvalue weighted by Gasteiger charge is -2.44. The SMILES string of the molecule is CC1C=C(C(=O)N2CCN(C(=O)NC3CCCCC3)C(C(O)NCCc3cncn3Cc3ccc(C#N)cc3)C2)C=CN1. The van der Waals surface area contributed by atoms with Crippen LogP contribution >= 0.6 is 0 Å². The molecule has 0 spiro atoms. The fourth-order valence-corrected chi connectivity index (χ4v) is 6.07. The highest BCUT2D eigenvalue weighted by molar-refractivity contribution is 5.96. The molecular formula is C32H42N8O3. The van der Waals surface area contributed by atoms with Gasteiger partial charge in [-0.2, -0.15) is 5.26 Å². The predicted octanol–water partition coefficient (Wildman–Crippen LogP) is 2.24. The van der Waals surface area contributed by atoms with Crippen molar-refractivity contribution in [2.45, 2.75) is 76.3 Å². The number of hydrogen-bond donors (Lipinski definition) is 4. The first-order chi connectivity index (χ1) is 20.9. The zero-order valence-electron chi connectivity index (χ0n) is 24.8. The van der Waals surface area contributed by atoms with Gasteiger partial charge in [-0.25, -0.2) is 9.78 Å². The van der Waals surface area contributed by atoms with Gasteiger partial charge in [0.2, 0.25) is 0 Å². The number of rotatable bonds is 9. The number of hydrogen-bond acceptors (Lipinski definition) is 7. The van der Waals surface area contributed by atoms with Gasteiger partial charge in [0.15, 0.2) is 0 Å². The molecule has 2 aromatic rings. The van der Waals surface area contributed by atoms with E-state index < -0.39 is 12.3 Å². The number of aliphatic hydroxyl groups is 1. The van der Waals surface area contributed by atoms with Crippen LogP contribution in [0.4, 0.5) is 4.79 Å². The van der Waals surface area contributed by atoms with Gasteiger partial charge in [-0.15, -0.1) is 0 Å². The maximum atomic E-state index is 13.4. The molecule has 3 aliphatic rings. The Morgan fingerprint density at radius 3 is 2.72 bits per heavy atom. The van der Waals surface area contributed by atoms with Crippen molar-refractivity contribution in [2.75, 3.05) is 26.2 Å². The summed E-state index contributed by atoms with van der Waals surface area (Å²) in [4.78, 5) is 34.6. The summed E-state index contributed by atoms with van der Waals surface area (Å²) in [7, 11) is 0. The zero-order chi connectivity index (χ0) is 30.2. The van der Waals surface area contributed by atoms with Crippen molar-refractivity contribution < 1.29 is 14.7 Å². The highest BCUT2D eigenvalue weighted by Gasteiger charge is 2.38. The summed E-state index contributed by atoms with van der Waals surface area (Å²) in [6.07, 6.45) is 14.0. The average Bonchev–Trinajstić information content (AvgIpc) is 3.47. The molecule has 3 unspecified atom stereocenters. The number of carbonyl (C=O) groups is 2. The fraction of sp³-hybridized carbons (Fsp3) is 0.500. The van der Waals surface area contributed by atoms with E-state index >= 15 is 0 Å². The van der Waals surface area contributed by atoms with E-state index in [-0.39, 0.29) is 30.6 Å². The van der Waals surface area contributed by atoms with E-state index in [4.69, 9.17) is 5.26 Å². The van der Waals surface area contributed by atoms with Crippen molar-refractivity contribution in [2.24, 2.45) is 0 Å². The standard InChI is InChI=1S/C32H42N8O3/c1-23-17-26(11-13-35-23)31(42)38-15-16-40(32(43)37-27-5-3-2-4-6-27)29(21-38)30(41)36-14-12-28-19-34-22-39(28)20-25-9-7-24(18-33)8-10-25/h7-11,13,17,19,22-23,27,29-30,35-36,41H,2-6,12,14-16,20-21H2,1H3,(H,37,43). The Hall–Kier alpha value is -4.14. The Labute approximate surface area is 253 Å². The number of aliphatic hydroxyl groups excluding tert-OH is 1. The van der Waals surface area contributed by atoms with E-state index in [1.165, 1.54) is 6.42 Å². The Balaban J connectivity index is 1.23. The van der Waals surface area contributed by atoms with E-state index in [1.54, 1.807) is 40.5 Å². The molecule has 1 saturated heterocycles. The monoisotopic (exact) mass is 586 g/mol. The first kappa shape index (κ1) is 30.3. The highest BCUT2D eigenvalue weighted by Crippen LogP contribution is 2.21. The largest absolute Gasteiger partial charge is 0.385 e. The lowest BCUT2D eigenvalue weighted by Crippen LogP contribution is -2.65. The van der Waals surface area contributed by atoms with Crippen molar-refractivity contribution in [1.82, 2.24) is 35.3 Å². The van der Waals surface area contributed by atoms with Crippen LogP contribution in [0.1, 0.15) is 55.8 Å². The molecule has 43 heavy (non-hydrogen) atoms. The van der Waals surface area contributed by atoms with Gasteiger partial charge in [0.25, 0.3) is 5.91 Å². The number of carbonyl (C=O) groups excluding carboxylic acids is 2. The van der Waals surface area contributed by atoms with E-state index in [0.717, 1.165) is 36.9 Å². The molecule has 228 valence electrons. The molecule has 3 atom stereocenters. The van der Waals surface area contributed by atoms with Gasteiger partial charge in [-0.3, -0.25) is 10.1 Å². The minimum atomic E-state index is -1.03. The number of benzene rings is 1. The number of nitriles is 1. The topological polar surface area (TPSA) is 139 Å². The first-order valence-electron chi connectivity index (χ1n) is 15.3. The first-order valence-corrected chi connectivity index (χ1v) is 15.3. The summed E-state index contributed by atoms with van der Waals surface area (Å²) in [5.74, 6) is -0.0964. The van der Waals surface area contributed by atoms with Crippen LogP contribution in [0, 0.1) is 11.3 Å². The van der Waals surface area contributed by atoms with Gasteiger partial charge >= 0.3 is 6.03 Å². The summed E-state index contributed by atoms with van der Waals surface area (Å²) >= 11 is 0. The lowest BCUT2D eigenvalue weighted by atomic mass is 9.95. The quantitative estimate of drug-likeness (QED) is 0.331. The molecule has 0 bridgehead atoms. The summed E-state index contributed by atoms with van der Waals surface area (Å²) in [6.45, 7) is 4.04. The van der Waals surface area contributed by atoms with Crippen LogP contribution in [-0.4, -0.2) is 86.9 Å². The Morgan fingerprint density at radius 1 is 1.19 bits per heavy atom. The third-order valence-electron chi connectivity index (χ3n) is 8.53. The summed E-state index contributed by atoms with van der Waals surface area (Å²) in [5.41, 5.74) is 3.29. The number of dihydropyridines is 1. The van der Waals surface area contributed by atoms with Crippen molar-refractivity contribution in [3.8, 4) is 6.07 Å². The van der Waals surface area contributed by atoms with Crippen LogP contribution < -0.4 is 16.0 Å². The second-order valence-electron chi connectivity index (χ2n) is 11.7. The minimum absolute atomic E-state index is 0.0555. The number of imidazole rings is 1. The Morgan fingerprint density at radius 2 is 1.98 bits per heavy atom. The molecule has 1 aromatic carbocycles. The molecule has 2 fully saturated rings. The second-order valence-corrected chi connectivity index (χ2v) is 11.7. The van der Waals surface area contributed by atoms with E-state index in [0.29, 0.717) is 43.7 Å². The molecule has 3 heterocycles. The number of nitrogens with one attached hydrogen (secondary N) is 3. The molecule has 1 aliphatic carbocycles. The van der Waals surface area contributed by atoms with Gasteiger partial charge in [0.05, 0.1) is 24.0 Å². The zero-order valence-corrected chi connectivity index (χ0v) is 24.8. The van der Waals surface area contributed by atoms with Crippen LogP contribution in [0.25, 0.3) is 0 Å². The fourth-order valence-electron chi connectivity index (χ4n) is 6.07. The molecule has 2 aliphatic heterocycles. The van der Waals surface area contributed by atoms with Crippen LogP contribution in [0.3, 0.4) is 0 Å². The number of piperazine rings is 1. The maximum Gasteiger partial charge on any atom is 0.318 e. The normalized spacial score (nSPS) is 21.5. The number of nitrogens with zero attached hydrogens (tertiary/aromatic N) is 5. The van der Waals surface area contributed by atoms with Gasteiger partial charge in [0, 0.05) is 68.7 Å². The second kappa shape index (κ2) is 14.4. The van der Waals surface area contributed by atoms with Crippen molar-refractivity contribution in [1.29, 1.82) is 5.26 Å². The van der Waals surface area contributed by atoms with E-state index in [9.17, 15) is 14.7 Å². The molecule has 1 saturated carbocycles. The molecule has 5 rings (SSSR count). The molecule has 4 N–H and O–H groups in total. The smallest absolute Gasteiger partial charge is 0.318 e. The summed E-state index contributed by atoms with van der Waals surface area (Å²) in [6, 6.07) is 9.03. The third kappa shape index (κ3) is 7.83. The van der Waals surface area contributed by atoms with Gasteiger partial charge in [-0.05, 0) is 55.8 Å². The third-order valence-corrected chi connectivity index (χ3v) is 8.53. The number of urea groups is 1. The molecule has 0 radical (unpaired) electrons. The maximum absolute atomic E-state index is 13.4. The molecule has 11 heteroatoms. The van der Waals surface area contributed by atoms with Crippen LogP contribution in [0.5, 0.6) is 0 Å². The van der Waals surface area contributed by atoms with Crippen molar-refractivity contribution in [3.63, 3.8) is 0 Å². The number of amides is 3. The molecular weight excluding hydrogens is 544 g/mol. The van der Waals surface area contributed by atoms with Crippen LogP contribution in [0.15, 0.2) is 60.7 Å². The van der Waals surface area contributed by atoms with E-state index in [2.05, 4.69) is 27.0 Å². The predicted molar refractivity (Wildman–Crippen MR) is 162 cm³/mol. The highest BCUT2D eigenvalue weighted by atomic mass is 16.3. The van der Waals surface area contributed by atoms with Crippen molar-refractivity contribution >= 4 is 11.9 Å². The molecule has 3 amide bonds. The molecule has 11 nitrogen and oxygen atoms in total. The minimum Gasteiger partial charge on any atom is -0.385 e. The summed E-state index contributed by atoms with van der Waals surface area (Å²) in [5, 5.41) is 30.0. The van der Waals surface area contributed by atoms with Gasteiger partial charge in [0.1, 0.15) is 6.23 Å². The average molecular weight is 587 g/mol. The van der Waals surface area contributed by atoms with Crippen LogP contribution in [0.2, 0.25) is 0 Å².